The summed E-state index contributed by atoms with van der Waals surface area (Å²) in [6.45, 7) is 0. The van der Waals surface area contributed by atoms with Crippen LogP contribution in [0, 0.1) is 0 Å². The van der Waals surface area contributed by atoms with E-state index in [0.717, 1.165) is 17.8 Å². The molecule has 0 aliphatic heterocycles. The van der Waals surface area contributed by atoms with E-state index in [4.69, 9.17) is 0 Å². The first-order chi connectivity index (χ1) is 9.72. The van der Waals surface area contributed by atoms with Crippen LogP contribution in [-0.2, 0) is 19.2 Å². The lowest BCUT2D eigenvalue weighted by atomic mass is 9.99. The lowest BCUT2D eigenvalue weighted by Crippen LogP contribution is -2.69. The molecule has 0 radical (unpaired) electrons. The van der Waals surface area contributed by atoms with Crippen LogP contribution >= 0.6 is 11.8 Å². The number of quaternary nitrogens is 2. The maximum atomic E-state index is 11.7. The van der Waals surface area contributed by atoms with Crippen molar-refractivity contribution in [3.63, 3.8) is 0 Å². The van der Waals surface area contributed by atoms with Crippen LogP contribution in [0.2, 0.25) is 0 Å². The SMILES string of the molecule is [NH3+][C@@H](CSC1=CC(C[C@H]([NH3+])C(=O)[O-])=CC(=O)C1=O)C(=O)[O-]. The minimum absolute atomic E-state index is 0.0330. The number of hydrogen-bond donors (Lipinski definition) is 2. The van der Waals surface area contributed by atoms with E-state index in [-0.39, 0.29) is 17.1 Å². The first-order valence-corrected chi connectivity index (χ1v) is 6.92. The average Bonchev–Trinajstić information content (AvgIpc) is 2.40. The quantitative estimate of drug-likeness (QED) is 0.349. The molecule has 0 aromatic heterocycles. The number of allylic oxidation sites excluding steroid dienone is 3. The second-order valence-corrected chi connectivity index (χ2v) is 5.53. The van der Waals surface area contributed by atoms with E-state index in [1.807, 2.05) is 0 Å². The van der Waals surface area contributed by atoms with Gasteiger partial charge in [-0.25, -0.2) is 0 Å². The molecule has 0 unspecified atom stereocenters. The monoisotopic (exact) mass is 314 g/mol. The molecule has 1 rings (SSSR count). The number of Topliss-reactive ketones (excluding diaryl/α,β-unsaturated/α-hetero) is 1. The van der Waals surface area contributed by atoms with Gasteiger partial charge in [-0.15, -0.1) is 11.8 Å². The number of carboxylic acid groups (broad SMARTS) is 2. The number of hydrogen-bond acceptors (Lipinski definition) is 7. The van der Waals surface area contributed by atoms with Gasteiger partial charge in [-0.2, -0.15) is 0 Å². The van der Waals surface area contributed by atoms with Gasteiger partial charge in [0, 0.05) is 6.42 Å². The second-order valence-electron chi connectivity index (χ2n) is 4.47. The third-order valence-electron chi connectivity index (χ3n) is 2.67. The molecule has 0 spiro atoms. The number of aliphatic carboxylic acids is 2. The van der Waals surface area contributed by atoms with Crippen LogP contribution in [0.3, 0.4) is 0 Å². The summed E-state index contributed by atoms with van der Waals surface area (Å²) in [5, 5.41) is 21.2. The maximum Gasteiger partial charge on any atom is 0.239 e. The van der Waals surface area contributed by atoms with Crippen LogP contribution in [0.15, 0.2) is 22.6 Å². The Balaban J connectivity index is 2.81. The van der Waals surface area contributed by atoms with E-state index < -0.39 is 35.6 Å². The number of ketones is 2. The molecule has 0 aromatic rings. The van der Waals surface area contributed by atoms with E-state index in [1.165, 1.54) is 6.08 Å². The number of rotatable bonds is 7. The minimum atomic E-state index is -1.36. The van der Waals surface area contributed by atoms with Gasteiger partial charge in [0.05, 0.1) is 22.6 Å². The zero-order chi connectivity index (χ0) is 16.2. The summed E-state index contributed by atoms with van der Waals surface area (Å²) in [6.07, 6.45) is 2.35. The lowest BCUT2D eigenvalue weighted by molar-refractivity contribution is -0.436. The Morgan fingerprint density at radius 1 is 1.10 bits per heavy atom. The Hall–Kier alpha value is -1.97. The third-order valence-corrected chi connectivity index (χ3v) is 3.85. The Labute approximate surface area is 123 Å². The molecule has 114 valence electrons. The Kier molecular flexibility index (Phi) is 5.82. The third kappa shape index (κ3) is 4.81. The minimum Gasteiger partial charge on any atom is -0.544 e. The zero-order valence-electron chi connectivity index (χ0n) is 11.0. The molecular formula is C12H14N2O6S. The van der Waals surface area contributed by atoms with Crippen LogP contribution in [0.5, 0.6) is 0 Å². The number of carboxylic acids is 2. The van der Waals surface area contributed by atoms with E-state index in [9.17, 15) is 29.4 Å². The summed E-state index contributed by atoms with van der Waals surface area (Å²) in [6, 6.07) is -2.08. The fourth-order valence-corrected chi connectivity index (χ4v) is 2.47. The van der Waals surface area contributed by atoms with Crippen molar-refractivity contribution in [3.05, 3.63) is 22.6 Å². The fourth-order valence-electron chi connectivity index (χ4n) is 1.48. The van der Waals surface area contributed by atoms with Gasteiger partial charge in [0.2, 0.25) is 11.6 Å². The van der Waals surface area contributed by atoms with E-state index in [1.54, 1.807) is 0 Å². The molecular weight excluding hydrogens is 300 g/mol. The Morgan fingerprint density at radius 2 is 1.67 bits per heavy atom. The van der Waals surface area contributed by atoms with Crippen LogP contribution in [-0.4, -0.2) is 41.3 Å². The summed E-state index contributed by atoms with van der Waals surface area (Å²) in [5.41, 5.74) is 7.04. The van der Waals surface area contributed by atoms with Gasteiger partial charge in [-0.1, -0.05) is 0 Å². The lowest BCUT2D eigenvalue weighted by Gasteiger charge is -2.15. The predicted molar refractivity (Wildman–Crippen MR) is 66.6 cm³/mol. The summed E-state index contributed by atoms with van der Waals surface area (Å²) >= 11 is 0.868. The number of carbonyl (C=O) groups excluding carboxylic acids is 4. The van der Waals surface area contributed by atoms with Crippen molar-refractivity contribution >= 4 is 35.3 Å². The van der Waals surface area contributed by atoms with E-state index >= 15 is 0 Å². The summed E-state index contributed by atoms with van der Waals surface area (Å²) < 4.78 is 0. The highest BCUT2D eigenvalue weighted by Crippen LogP contribution is 2.25. The average molecular weight is 314 g/mol. The molecule has 9 heteroatoms. The molecule has 21 heavy (non-hydrogen) atoms. The van der Waals surface area contributed by atoms with Crippen molar-refractivity contribution in [1.82, 2.24) is 0 Å². The first kappa shape index (κ1) is 17.1. The van der Waals surface area contributed by atoms with Gasteiger partial charge in [-0.05, 0) is 17.7 Å². The molecule has 0 saturated carbocycles. The molecule has 0 heterocycles. The largest absolute Gasteiger partial charge is 0.544 e. The first-order valence-electron chi connectivity index (χ1n) is 5.94. The molecule has 1 aliphatic carbocycles. The topological polar surface area (TPSA) is 170 Å². The van der Waals surface area contributed by atoms with Crippen molar-refractivity contribution in [2.24, 2.45) is 0 Å². The standard InChI is InChI=1S/C12H14N2O6S/c13-6(11(17)18)1-5-2-8(15)10(16)9(3-5)21-4-7(14)12(19)20/h2-3,6-7H,1,4,13-14H2,(H,17,18)(H,19,20)/t6-,7-/m0/s1. The van der Waals surface area contributed by atoms with Gasteiger partial charge in [0.1, 0.15) is 12.1 Å². The van der Waals surface area contributed by atoms with Gasteiger partial charge >= 0.3 is 0 Å². The van der Waals surface area contributed by atoms with Crippen LogP contribution in [0.4, 0.5) is 0 Å². The highest BCUT2D eigenvalue weighted by atomic mass is 32.2. The summed E-state index contributed by atoms with van der Waals surface area (Å²) in [5.74, 6) is -4.30. The molecule has 1 aliphatic rings. The Morgan fingerprint density at radius 3 is 2.19 bits per heavy atom. The maximum absolute atomic E-state index is 11.7. The smallest absolute Gasteiger partial charge is 0.239 e. The molecule has 0 amide bonds. The zero-order valence-corrected chi connectivity index (χ0v) is 11.8. The van der Waals surface area contributed by atoms with Crippen molar-refractivity contribution in [2.75, 3.05) is 5.75 Å². The number of thioether (sulfide) groups is 1. The van der Waals surface area contributed by atoms with Gasteiger partial charge < -0.3 is 31.3 Å². The van der Waals surface area contributed by atoms with Crippen LogP contribution in [0.25, 0.3) is 0 Å². The molecule has 0 saturated heterocycles. The van der Waals surface area contributed by atoms with Crippen molar-refractivity contribution in [3.8, 4) is 0 Å². The molecule has 0 fully saturated rings. The van der Waals surface area contributed by atoms with Crippen molar-refractivity contribution in [1.29, 1.82) is 0 Å². The summed E-state index contributed by atoms with van der Waals surface area (Å²) in [7, 11) is 0. The Bertz CT molecular complexity index is 554. The molecule has 2 atom stereocenters. The number of carbonyl (C=O) groups is 4. The molecule has 0 aromatic carbocycles. The van der Waals surface area contributed by atoms with Gasteiger partial charge in [0.25, 0.3) is 0 Å². The van der Waals surface area contributed by atoms with Gasteiger partial charge in [0.15, 0.2) is 0 Å². The molecule has 0 bridgehead atoms. The van der Waals surface area contributed by atoms with E-state index in [2.05, 4.69) is 11.5 Å². The fraction of sp³-hybridized carbons (Fsp3) is 0.333. The summed E-state index contributed by atoms with van der Waals surface area (Å²) in [4.78, 5) is 44.4. The van der Waals surface area contributed by atoms with Crippen LogP contribution < -0.4 is 21.7 Å². The molecule has 8 nitrogen and oxygen atoms in total. The highest BCUT2D eigenvalue weighted by molar-refractivity contribution is 8.04. The highest BCUT2D eigenvalue weighted by Gasteiger charge is 2.25. The van der Waals surface area contributed by atoms with E-state index in [0.29, 0.717) is 5.57 Å². The molecule has 6 N–H and O–H groups in total. The van der Waals surface area contributed by atoms with Crippen LogP contribution in [0.1, 0.15) is 6.42 Å². The van der Waals surface area contributed by atoms with Crippen molar-refractivity contribution in [2.45, 2.75) is 18.5 Å². The van der Waals surface area contributed by atoms with Gasteiger partial charge in [-0.3, -0.25) is 9.59 Å². The van der Waals surface area contributed by atoms with Crippen molar-refractivity contribution < 1.29 is 40.9 Å². The second kappa shape index (κ2) is 7.16. The predicted octanol–water partition coefficient (Wildman–Crippen LogP) is -5.21. The normalized spacial score (nSPS) is 17.8.